The van der Waals surface area contributed by atoms with E-state index < -0.39 is 0 Å². The van der Waals surface area contributed by atoms with Gasteiger partial charge >= 0.3 is 0 Å². The van der Waals surface area contributed by atoms with Crippen LogP contribution in [0.25, 0.3) is 0 Å². The maximum absolute atomic E-state index is 4.84. The molecule has 0 N–H and O–H groups in total. The van der Waals surface area contributed by atoms with Crippen LogP contribution in [0.15, 0.2) is 12.8 Å². The van der Waals surface area contributed by atoms with Crippen molar-refractivity contribution in [3.05, 3.63) is 12.8 Å². The lowest BCUT2D eigenvalue weighted by molar-refractivity contribution is 0.213. The highest BCUT2D eigenvalue weighted by Gasteiger charge is 2.21. The molecule has 0 bridgehead atoms. The molecule has 1 unspecified atom stereocenters. The predicted octanol–water partition coefficient (Wildman–Crippen LogP) is 1.18. The highest BCUT2D eigenvalue weighted by molar-refractivity contribution is 4.68. The van der Waals surface area contributed by atoms with Crippen molar-refractivity contribution in [3.8, 4) is 0 Å². The fraction of sp³-hybridized carbons (Fsp3) is 0.667. The molecule has 2 heteroatoms. The molecule has 1 saturated heterocycles. The molecule has 0 aromatic rings. The van der Waals surface area contributed by atoms with Crippen LogP contribution in [0.1, 0.15) is 7.43 Å². The molecule has 1 fully saturated rings. The van der Waals surface area contributed by atoms with Gasteiger partial charge < -0.3 is 9.47 Å². The number of ether oxygens (including phenoxy) is 2. The van der Waals surface area contributed by atoms with Crippen LogP contribution in [0.3, 0.4) is 0 Å². The molecule has 8 heavy (non-hydrogen) atoms. The molecule has 0 spiro atoms. The fourth-order valence-electron chi connectivity index (χ4n) is 0.340. The zero-order valence-electron chi connectivity index (χ0n) is 4.09. The molecular weight excluding hydrogens is 104 g/mol. The van der Waals surface area contributed by atoms with Gasteiger partial charge in [-0.3, -0.25) is 0 Å². The monoisotopic (exact) mass is 116 g/mol. The minimum atomic E-state index is 0. The molecule has 1 atom stereocenters. The maximum Gasteiger partial charge on any atom is 0.116 e. The van der Waals surface area contributed by atoms with E-state index in [0.717, 1.165) is 6.61 Å². The molecule has 0 amide bonds. The van der Waals surface area contributed by atoms with Gasteiger partial charge in [-0.15, -0.1) is 0 Å². The van der Waals surface area contributed by atoms with Crippen LogP contribution in [0.4, 0.5) is 0 Å². The maximum atomic E-state index is 4.84. The summed E-state index contributed by atoms with van der Waals surface area (Å²) in [6, 6.07) is 0. The van der Waals surface area contributed by atoms with Gasteiger partial charge in [-0.1, -0.05) is 14.0 Å². The second kappa shape index (κ2) is 3.50. The second-order valence-corrected chi connectivity index (χ2v) is 1.46. The summed E-state index contributed by atoms with van der Waals surface area (Å²) in [7, 11) is 0. The molecule has 48 valence electrons. The normalized spacial score (nSPS) is 23.2. The summed E-state index contributed by atoms with van der Waals surface area (Å²) in [5.41, 5.74) is 0. The Hall–Kier alpha value is -0.500. The molecule has 1 rings (SSSR count). The van der Waals surface area contributed by atoms with Crippen LogP contribution in [-0.2, 0) is 9.47 Å². The van der Waals surface area contributed by atoms with Crippen molar-refractivity contribution < 1.29 is 9.47 Å². The van der Waals surface area contributed by atoms with E-state index in [4.69, 9.17) is 9.47 Å². The molecule has 0 saturated carbocycles. The third-order valence-corrected chi connectivity index (χ3v) is 0.802. The van der Waals surface area contributed by atoms with E-state index in [0.29, 0.717) is 12.7 Å². The lowest BCUT2D eigenvalue weighted by atomic mass is 10.5. The van der Waals surface area contributed by atoms with Crippen LogP contribution in [0.2, 0.25) is 0 Å². The van der Waals surface area contributed by atoms with Gasteiger partial charge in [0.15, 0.2) is 0 Å². The van der Waals surface area contributed by atoms with Crippen LogP contribution >= 0.6 is 0 Å². The summed E-state index contributed by atoms with van der Waals surface area (Å²) in [6.45, 7) is 4.91. The van der Waals surface area contributed by atoms with Crippen LogP contribution in [0.5, 0.6) is 0 Å². The average Bonchev–Trinajstić information content (AvgIpc) is 2.42. The summed E-state index contributed by atoms with van der Waals surface area (Å²) in [5, 5.41) is 0. The Bertz CT molecular complexity index is 66.9. The molecule has 0 aliphatic carbocycles. The van der Waals surface area contributed by atoms with Crippen molar-refractivity contribution in [2.24, 2.45) is 0 Å². The molecule has 1 aliphatic heterocycles. The van der Waals surface area contributed by atoms with Crippen LogP contribution < -0.4 is 0 Å². The highest BCUT2D eigenvalue weighted by atomic mass is 16.6. The van der Waals surface area contributed by atoms with Crippen molar-refractivity contribution in [2.75, 3.05) is 13.2 Å². The van der Waals surface area contributed by atoms with Crippen molar-refractivity contribution in [2.45, 2.75) is 13.5 Å². The Morgan fingerprint density at radius 1 is 1.88 bits per heavy atom. The molecule has 0 aromatic heterocycles. The van der Waals surface area contributed by atoms with Gasteiger partial charge in [0.1, 0.15) is 12.7 Å². The Kier molecular flexibility index (Phi) is 3.28. The fourth-order valence-corrected chi connectivity index (χ4v) is 0.340. The lowest BCUT2D eigenvalue weighted by Crippen LogP contribution is -1.94. The zero-order valence-corrected chi connectivity index (χ0v) is 4.09. The zero-order chi connectivity index (χ0) is 5.11. The van der Waals surface area contributed by atoms with Gasteiger partial charge in [0.05, 0.1) is 12.9 Å². The van der Waals surface area contributed by atoms with Gasteiger partial charge in [0, 0.05) is 0 Å². The van der Waals surface area contributed by atoms with E-state index >= 15 is 0 Å². The molecule has 1 heterocycles. The SMILES string of the molecule is C.C=COCC1CO1. The first-order chi connectivity index (χ1) is 3.43. The van der Waals surface area contributed by atoms with E-state index in [1.807, 2.05) is 0 Å². The van der Waals surface area contributed by atoms with Gasteiger partial charge in [-0.05, 0) is 0 Å². The molecule has 2 nitrogen and oxygen atoms in total. The summed E-state index contributed by atoms with van der Waals surface area (Å²) < 4.78 is 9.63. The Balaban J connectivity index is 0.000000490. The van der Waals surface area contributed by atoms with Gasteiger partial charge in [0.25, 0.3) is 0 Å². The number of hydrogen-bond acceptors (Lipinski definition) is 2. The van der Waals surface area contributed by atoms with E-state index in [9.17, 15) is 0 Å². The van der Waals surface area contributed by atoms with Gasteiger partial charge in [-0.2, -0.15) is 0 Å². The first kappa shape index (κ1) is 7.50. The minimum absolute atomic E-state index is 0. The van der Waals surface area contributed by atoms with Gasteiger partial charge in [0.2, 0.25) is 0 Å². The Labute approximate surface area is 50.1 Å². The predicted molar refractivity (Wildman–Crippen MR) is 32.6 cm³/mol. The van der Waals surface area contributed by atoms with E-state index in [1.165, 1.54) is 6.26 Å². The van der Waals surface area contributed by atoms with Crippen LogP contribution in [0, 0.1) is 0 Å². The second-order valence-electron chi connectivity index (χ2n) is 1.46. The lowest BCUT2D eigenvalue weighted by Gasteiger charge is -1.90. The van der Waals surface area contributed by atoms with E-state index in [-0.39, 0.29) is 7.43 Å². The third-order valence-electron chi connectivity index (χ3n) is 0.802. The smallest absolute Gasteiger partial charge is 0.116 e. The van der Waals surface area contributed by atoms with E-state index in [2.05, 4.69) is 6.58 Å². The van der Waals surface area contributed by atoms with Crippen LogP contribution in [-0.4, -0.2) is 19.3 Å². The summed E-state index contributed by atoms with van der Waals surface area (Å²) in [5.74, 6) is 0. The largest absolute Gasteiger partial charge is 0.499 e. The Morgan fingerprint density at radius 3 is 2.88 bits per heavy atom. The van der Waals surface area contributed by atoms with Crippen molar-refractivity contribution in [1.29, 1.82) is 0 Å². The quantitative estimate of drug-likeness (QED) is 0.408. The summed E-state index contributed by atoms with van der Waals surface area (Å²) in [4.78, 5) is 0. The number of epoxide rings is 1. The number of hydrogen-bond donors (Lipinski definition) is 0. The molecule has 0 aromatic carbocycles. The Morgan fingerprint density at radius 2 is 2.50 bits per heavy atom. The van der Waals surface area contributed by atoms with Crippen molar-refractivity contribution in [1.82, 2.24) is 0 Å². The number of rotatable bonds is 3. The summed E-state index contributed by atoms with van der Waals surface area (Å²) >= 11 is 0. The standard InChI is InChI=1S/C5H8O2.CH4/c1-2-6-3-5-4-7-5;/h2,5H,1,3-4H2;1H4. The first-order valence-electron chi connectivity index (χ1n) is 2.27. The molecule has 1 aliphatic rings. The average molecular weight is 116 g/mol. The van der Waals surface area contributed by atoms with Crippen molar-refractivity contribution in [3.63, 3.8) is 0 Å². The molecule has 0 radical (unpaired) electrons. The molecular formula is C6H12O2. The van der Waals surface area contributed by atoms with Gasteiger partial charge in [-0.25, -0.2) is 0 Å². The minimum Gasteiger partial charge on any atom is -0.499 e. The topological polar surface area (TPSA) is 21.8 Å². The first-order valence-corrected chi connectivity index (χ1v) is 2.27. The van der Waals surface area contributed by atoms with E-state index in [1.54, 1.807) is 0 Å². The van der Waals surface area contributed by atoms with Crippen molar-refractivity contribution >= 4 is 0 Å². The highest BCUT2D eigenvalue weighted by Crippen LogP contribution is 2.07. The third kappa shape index (κ3) is 2.64. The summed E-state index contributed by atoms with van der Waals surface area (Å²) in [6.07, 6.45) is 1.79.